The van der Waals surface area contributed by atoms with Crippen molar-refractivity contribution in [3.8, 4) is 17.4 Å². The van der Waals surface area contributed by atoms with E-state index in [4.69, 9.17) is 14.2 Å². The molecule has 148 valence electrons. The maximum absolute atomic E-state index is 12.6. The second-order valence-electron chi connectivity index (χ2n) is 7.88. The maximum Gasteiger partial charge on any atom is 0.260 e. The van der Waals surface area contributed by atoms with E-state index in [0.717, 1.165) is 24.2 Å². The summed E-state index contributed by atoms with van der Waals surface area (Å²) in [6.45, 7) is 7.07. The molecular formula is C21H25N3O4. The summed E-state index contributed by atoms with van der Waals surface area (Å²) in [7, 11) is 0. The van der Waals surface area contributed by atoms with Crippen LogP contribution in [0, 0.1) is 6.92 Å². The molecule has 2 aromatic rings. The zero-order chi connectivity index (χ0) is 19.7. The molecule has 3 heterocycles. The third kappa shape index (κ3) is 4.03. The Morgan fingerprint density at radius 2 is 2.21 bits per heavy atom. The number of aromatic nitrogens is 2. The van der Waals surface area contributed by atoms with E-state index in [0.29, 0.717) is 30.5 Å². The Morgan fingerprint density at radius 3 is 3.04 bits per heavy atom. The Kier molecular flexibility index (Phi) is 4.83. The van der Waals surface area contributed by atoms with E-state index >= 15 is 0 Å². The SMILES string of the molecule is Cc1nccc(OC2CCN(C(=O)COc3cccc4c3OC(C)(C)C4)C2)n1. The summed E-state index contributed by atoms with van der Waals surface area (Å²) < 4.78 is 17.7. The van der Waals surface area contributed by atoms with Crippen LogP contribution in [0.5, 0.6) is 17.4 Å². The number of rotatable bonds is 5. The van der Waals surface area contributed by atoms with E-state index in [-0.39, 0.29) is 24.2 Å². The first-order valence-corrected chi connectivity index (χ1v) is 9.57. The van der Waals surface area contributed by atoms with Crippen LogP contribution in [0.1, 0.15) is 31.7 Å². The molecule has 0 bridgehead atoms. The van der Waals surface area contributed by atoms with Gasteiger partial charge in [0.15, 0.2) is 18.1 Å². The van der Waals surface area contributed by atoms with Gasteiger partial charge in [0, 0.05) is 37.2 Å². The molecule has 1 unspecified atom stereocenters. The van der Waals surface area contributed by atoms with Gasteiger partial charge in [-0.05, 0) is 26.8 Å². The smallest absolute Gasteiger partial charge is 0.260 e. The fourth-order valence-corrected chi connectivity index (χ4v) is 3.65. The van der Waals surface area contributed by atoms with Crippen molar-refractivity contribution in [2.24, 2.45) is 0 Å². The standard InChI is InChI=1S/C21H25N3O4/c1-14-22-9-7-18(23-14)27-16-8-10-24(12-16)19(25)13-26-17-6-4-5-15-11-21(2,3)28-20(15)17/h4-7,9,16H,8,10-13H2,1-3H3. The summed E-state index contributed by atoms with van der Waals surface area (Å²) in [6, 6.07) is 7.56. The molecule has 1 atom stereocenters. The normalized spacial score (nSPS) is 19.8. The minimum absolute atomic E-state index is 0.0143. The molecule has 1 aromatic carbocycles. The second-order valence-corrected chi connectivity index (χ2v) is 7.88. The highest BCUT2D eigenvalue weighted by Crippen LogP contribution is 2.41. The molecular weight excluding hydrogens is 358 g/mol. The average molecular weight is 383 g/mol. The molecule has 0 saturated carbocycles. The van der Waals surface area contributed by atoms with Crippen LogP contribution in [0.15, 0.2) is 30.5 Å². The van der Waals surface area contributed by atoms with Crippen LogP contribution in [-0.2, 0) is 11.2 Å². The van der Waals surface area contributed by atoms with Gasteiger partial charge >= 0.3 is 0 Å². The first kappa shape index (κ1) is 18.5. The van der Waals surface area contributed by atoms with Gasteiger partial charge in [0.25, 0.3) is 5.91 Å². The molecule has 0 N–H and O–H groups in total. The van der Waals surface area contributed by atoms with Crippen LogP contribution >= 0.6 is 0 Å². The summed E-state index contributed by atoms with van der Waals surface area (Å²) in [5, 5.41) is 0. The van der Waals surface area contributed by atoms with Crippen molar-refractivity contribution in [2.45, 2.75) is 45.3 Å². The topological polar surface area (TPSA) is 73.8 Å². The Bertz CT molecular complexity index is 884. The van der Waals surface area contributed by atoms with Crippen molar-refractivity contribution >= 4 is 5.91 Å². The second kappa shape index (κ2) is 7.30. The number of amides is 1. The highest BCUT2D eigenvalue weighted by atomic mass is 16.5. The number of carbonyl (C=O) groups excluding carboxylic acids is 1. The zero-order valence-electron chi connectivity index (χ0n) is 16.5. The lowest BCUT2D eigenvalue weighted by Crippen LogP contribution is -2.34. The van der Waals surface area contributed by atoms with E-state index in [1.807, 2.05) is 39.0 Å². The van der Waals surface area contributed by atoms with E-state index in [1.54, 1.807) is 17.2 Å². The molecule has 0 spiro atoms. The van der Waals surface area contributed by atoms with Crippen molar-refractivity contribution in [3.05, 3.63) is 41.9 Å². The molecule has 4 rings (SSSR count). The zero-order valence-corrected chi connectivity index (χ0v) is 16.5. The number of hydrogen-bond acceptors (Lipinski definition) is 6. The van der Waals surface area contributed by atoms with Gasteiger partial charge in [0.2, 0.25) is 5.88 Å². The maximum atomic E-state index is 12.6. The molecule has 2 aliphatic rings. The molecule has 28 heavy (non-hydrogen) atoms. The lowest BCUT2D eigenvalue weighted by Gasteiger charge is -2.19. The molecule has 1 fully saturated rings. The Morgan fingerprint density at radius 1 is 1.36 bits per heavy atom. The average Bonchev–Trinajstić information content (AvgIpc) is 3.22. The van der Waals surface area contributed by atoms with Gasteiger partial charge in [-0.3, -0.25) is 4.79 Å². The quantitative estimate of drug-likeness (QED) is 0.790. The van der Waals surface area contributed by atoms with Crippen LogP contribution in [0.4, 0.5) is 0 Å². The van der Waals surface area contributed by atoms with Gasteiger partial charge in [-0.15, -0.1) is 0 Å². The first-order chi connectivity index (χ1) is 13.4. The minimum Gasteiger partial charge on any atom is -0.483 e. The third-order valence-corrected chi connectivity index (χ3v) is 4.94. The lowest BCUT2D eigenvalue weighted by atomic mass is 10.0. The fourth-order valence-electron chi connectivity index (χ4n) is 3.65. The molecule has 0 radical (unpaired) electrons. The third-order valence-electron chi connectivity index (χ3n) is 4.94. The predicted octanol–water partition coefficient (Wildman–Crippen LogP) is 2.56. The van der Waals surface area contributed by atoms with Crippen molar-refractivity contribution in [2.75, 3.05) is 19.7 Å². The number of para-hydroxylation sites is 1. The van der Waals surface area contributed by atoms with Crippen LogP contribution in [0.2, 0.25) is 0 Å². The molecule has 7 heteroatoms. The van der Waals surface area contributed by atoms with Gasteiger partial charge in [-0.1, -0.05) is 12.1 Å². The lowest BCUT2D eigenvalue weighted by molar-refractivity contribution is -0.132. The van der Waals surface area contributed by atoms with Crippen molar-refractivity contribution < 1.29 is 19.0 Å². The Hall–Kier alpha value is -2.83. The predicted molar refractivity (Wildman–Crippen MR) is 103 cm³/mol. The van der Waals surface area contributed by atoms with Crippen LogP contribution in [0.3, 0.4) is 0 Å². The van der Waals surface area contributed by atoms with Gasteiger partial charge in [0.1, 0.15) is 17.5 Å². The number of benzene rings is 1. The van der Waals surface area contributed by atoms with E-state index < -0.39 is 0 Å². The molecule has 1 aromatic heterocycles. The van der Waals surface area contributed by atoms with E-state index in [9.17, 15) is 4.79 Å². The van der Waals surface area contributed by atoms with Gasteiger partial charge in [-0.2, -0.15) is 4.98 Å². The molecule has 2 aliphatic heterocycles. The molecule has 1 amide bonds. The summed E-state index contributed by atoms with van der Waals surface area (Å²) >= 11 is 0. The Balaban J connectivity index is 1.32. The number of aryl methyl sites for hydroxylation is 1. The van der Waals surface area contributed by atoms with Crippen LogP contribution < -0.4 is 14.2 Å². The molecule has 0 aliphatic carbocycles. The van der Waals surface area contributed by atoms with E-state index in [1.165, 1.54) is 0 Å². The summed E-state index contributed by atoms with van der Waals surface area (Å²) in [6.07, 6.45) is 3.21. The summed E-state index contributed by atoms with van der Waals surface area (Å²) in [4.78, 5) is 22.7. The van der Waals surface area contributed by atoms with E-state index in [2.05, 4.69) is 9.97 Å². The largest absolute Gasteiger partial charge is 0.483 e. The number of ether oxygens (including phenoxy) is 3. The first-order valence-electron chi connectivity index (χ1n) is 9.57. The number of nitrogens with zero attached hydrogens (tertiary/aromatic N) is 3. The van der Waals surface area contributed by atoms with Gasteiger partial charge in [0.05, 0.1) is 6.54 Å². The minimum atomic E-state index is -0.245. The molecule has 7 nitrogen and oxygen atoms in total. The fraction of sp³-hybridized carbons (Fsp3) is 0.476. The number of fused-ring (bicyclic) bond motifs is 1. The van der Waals surface area contributed by atoms with Crippen molar-refractivity contribution in [3.63, 3.8) is 0 Å². The van der Waals surface area contributed by atoms with Crippen LogP contribution in [0.25, 0.3) is 0 Å². The van der Waals surface area contributed by atoms with Gasteiger partial charge in [-0.25, -0.2) is 4.98 Å². The van der Waals surface area contributed by atoms with Crippen molar-refractivity contribution in [1.29, 1.82) is 0 Å². The van der Waals surface area contributed by atoms with Crippen LogP contribution in [-0.4, -0.2) is 52.2 Å². The highest BCUT2D eigenvalue weighted by molar-refractivity contribution is 5.78. The molecule has 1 saturated heterocycles. The monoisotopic (exact) mass is 383 g/mol. The van der Waals surface area contributed by atoms with Crippen molar-refractivity contribution in [1.82, 2.24) is 14.9 Å². The number of hydrogen-bond donors (Lipinski definition) is 0. The number of carbonyl (C=O) groups is 1. The summed E-state index contributed by atoms with van der Waals surface area (Å²) in [5.74, 6) is 2.53. The number of likely N-dealkylation sites (tertiary alicyclic amines) is 1. The highest BCUT2D eigenvalue weighted by Gasteiger charge is 2.33. The van der Waals surface area contributed by atoms with Gasteiger partial charge < -0.3 is 19.1 Å². The Labute approximate surface area is 164 Å². The summed E-state index contributed by atoms with van der Waals surface area (Å²) in [5.41, 5.74) is 0.870.